The maximum atomic E-state index is 12.0. The van der Waals surface area contributed by atoms with Gasteiger partial charge in [0.25, 0.3) is 0 Å². The Balaban J connectivity index is 1.63. The Hall–Kier alpha value is -1.51. The molecule has 1 aromatic rings. The number of unbranched alkanes of at least 4 members (excludes halogenated alkanes) is 1. The molecule has 1 fully saturated rings. The molecule has 1 aromatic carbocycles. The van der Waals surface area contributed by atoms with Crippen LogP contribution in [-0.4, -0.2) is 29.7 Å². The summed E-state index contributed by atoms with van der Waals surface area (Å²) in [4.78, 5) is 13.9. The van der Waals surface area contributed by atoms with Crippen LogP contribution < -0.4 is 0 Å². The lowest BCUT2D eigenvalue weighted by molar-refractivity contribution is 0.0287. The van der Waals surface area contributed by atoms with Gasteiger partial charge in [0.15, 0.2) is 0 Å². The van der Waals surface area contributed by atoms with E-state index < -0.39 is 5.60 Å². The Morgan fingerprint density at radius 3 is 2.64 bits per heavy atom. The number of amides is 1. The predicted molar refractivity (Wildman–Crippen MR) is 89.9 cm³/mol. The maximum absolute atomic E-state index is 12.0. The fourth-order valence-corrected chi connectivity index (χ4v) is 2.97. The van der Waals surface area contributed by atoms with Crippen molar-refractivity contribution in [3.8, 4) is 0 Å². The minimum Gasteiger partial charge on any atom is -0.444 e. The molecule has 0 bridgehead atoms. The molecule has 122 valence electrons. The van der Waals surface area contributed by atoms with Crippen molar-refractivity contribution in [2.75, 3.05) is 13.1 Å². The third kappa shape index (κ3) is 5.70. The van der Waals surface area contributed by atoms with Gasteiger partial charge in [0.05, 0.1) is 0 Å². The summed E-state index contributed by atoms with van der Waals surface area (Å²) in [6.07, 6.45) is 5.80. The Labute approximate surface area is 134 Å². The summed E-state index contributed by atoms with van der Waals surface area (Å²) in [6, 6.07) is 10.7. The average Bonchev–Trinajstić information content (AvgIpc) is 2.92. The summed E-state index contributed by atoms with van der Waals surface area (Å²) >= 11 is 0. The molecule has 0 aromatic heterocycles. The van der Waals surface area contributed by atoms with Gasteiger partial charge >= 0.3 is 6.09 Å². The Morgan fingerprint density at radius 2 is 1.95 bits per heavy atom. The fourth-order valence-electron chi connectivity index (χ4n) is 2.97. The van der Waals surface area contributed by atoms with E-state index in [-0.39, 0.29) is 6.09 Å². The standard InChI is InChI=1S/C19H29NO2/c1-19(2,3)22-18(21)20-14-13-17(15-20)12-8-7-11-16-9-5-4-6-10-16/h4-6,9-10,17H,7-8,11-15H2,1-3H3/t17-/m0/s1. The van der Waals surface area contributed by atoms with E-state index in [1.165, 1.54) is 24.8 Å². The molecular formula is C19H29NO2. The van der Waals surface area contributed by atoms with Crippen LogP contribution in [0.1, 0.15) is 52.0 Å². The number of nitrogens with zero attached hydrogens (tertiary/aromatic N) is 1. The van der Waals surface area contributed by atoms with Crippen LogP contribution in [0.15, 0.2) is 30.3 Å². The molecule has 0 aliphatic carbocycles. The highest BCUT2D eigenvalue weighted by Gasteiger charge is 2.29. The van der Waals surface area contributed by atoms with E-state index in [9.17, 15) is 4.79 Å². The van der Waals surface area contributed by atoms with Gasteiger partial charge in [0.2, 0.25) is 0 Å². The summed E-state index contributed by atoms with van der Waals surface area (Å²) in [5, 5.41) is 0. The van der Waals surface area contributed by atoms with Gasteiger partial charge in [-0.05, 0) is 57.9 Å². The molecule has 1 aliphatic heterocycles. The lowest BCUT2D eigenvalue weighted by atomic mass is 9.99. The van der Waals surface area contributed by atoms with Crippen LogP contribution in [0.5, 0.6) is 0 Å². The maximum Gasteiger partial charge on any atom is 0.410 e. The van der Waals surface area contributed by atoms with Crippen LogP contribution in [0, 0.1) is 5.92 Å². The normalized spacial score (nSPS) is 18.5. The van der Waals surface area contributed by atoms with Crippen molar-refractivity contribution in [3.05, 3.63) is 35.9 Å². The number of carbonyl (C=O) groups is 1. The van der Waals surface area contributed by atoms with Gasteiger partial charge in [0.1, 0.15) is 5.60 Å². The second-order valence-electron chi connectivity index (χ2n) is 7.31. The van der Waals surface area contributed by atoms with Gasteiger partial charge in [-0.1, -0.05) is 36.8 Å². The SMILES string of the molecule is CC(C)(C)OC(=O)N1CC[C@H](CCCCc2ccccc2)C1. The predicted octanol–water partition coefficient (Wildman–Crippen LogP) is 4.66. The quantitative estimate of drug-likeness (QED) is 0.741. The van der Waals surface area contributed by atoms with E-state index in [4.69, 9.17) is 4.74 Å². The molecule has 22 heavy (non-hydrogen) atoms. The molecule has 3 heteroatoms. The lowest BCUT2D eigenvalue weighted by Crippen LogP contribution is -2.35. The van der Waals surface area contributed by atoms with Crippen molar-refractivity contribution in [2.24, 2.45) is 5.92 Å². The van der Waals surface area contributed by atoms with Crippen molar-refractivity contribution in [1.29, 1.82) is 0 Å². The number of benzene rings is 1. The smallest absolute Gasteiger partial charge is 0.410 e. The van der Waals surface area contributed by atoms with E-state index >= 15 is 0 Å². The van der Waals surface area contributed by atoms with E-state index in [1.54, 1.807) is 0 Å². The van der Waals surface area contributed by atoms with Gasteiger partial charge in [-0.25, -0.2) is 4.79 Å². The third-order valence-corrected chi connectivity index (χ3v) is 4.11. The van der Waals surface area contributed by atoms with E-state index in [0.29, 0.717) is 5.92 Å². The number of aryl methyl sites for hydroxylation is 1. The molecule has 0 unspecified atom stereocenters. The summed E-state index contributed by atoms with van der Waals surface area (Å²) in [7, 11) is 0. The summed E-state index contributed by atoms with van der Waals surface area (Å²) in [5.41, 5.74) is 1.02. The largest absolute Gasteiger partial charge is 0.444 e. The van der Waals surface area contributed by atoms with E-state index in [0.717, 1.165) is 25.9 Å². The third-order valence-electron chi connectivity index (χ3n) is 4.11. The Kier molecular flexibility index (Phi) is 5.87. The molecule has 0 radical (unpaired) electrons. The van der Waals surface area contributed by atoms with Crippen molar-refractivity contribution in [2.45, 2.75) is 58.5 Å². The monoisotopic (exact) mass is 303 g/mol. The van der Waals surface area contributed by atoms with Crippen LogP contribution in [0.2, 0.25) is 0 Å². The molecule has 3 nitrogen and oxygen atoms in total. The van der Waals surface area contributed by atoms with Crippen molar-refractivity contribution >= 4 is 6.09 Å². The van der Waals surface area contributed by atoms with Gasteiger partial charge in [-0.2, -0.15) is 0 Å². The van der Waals surface area contributed by atoms with Crippen LogP contribution in [0.3, 0.4) is 0 Å². The van der Waals surface area contributed by atoms with Gasteiger partial charge < -0.3 is 9.64 Å². The molecule has 1 heterocycles. The molecule has 1 aliphatic rings. The van der Waals surface area contributed by atoms with Crippen LogP contribution in [0.25, 0.3) is 0 Å². The number of rotatable bonds is 5. The van der Waals surface area contributed by atoms with Crippen molar-refractivity contribution in [3.63, 3.8) is 0 Å². The minimum atomic E-state index is -0.398. The topological polar surface area (TPSA) is 29.5 Å². The van der Waals surface area contributed by atoms with Crippen LogP contribution >= 0.6 is 0 Å². The zero-order chi connectivity index (χ0) is 16.0. The molecule has 2 rings (SSSR count). The zero-order valence-corrected chi connectivity index (χ0v) is 14.2. The molecular weight excluding hydrogens is 274 g/mol. The Bertz CT molecular complexity index is 464. The number of ether oxygens (including phenoxy) is 1. The summed E-state index contributed by atoms with van der Waals surface area (Å²) in [6.45, 7) is 7.46. The molecule has 1 saturated heterocycles. The minimum absolute atomic E-state index is 0.153. The highest BCUT2D eigenvalue weighted by molar-refractivity contribution is 5.68. The second kappa shape index (κ2) is 7.66. The number of hydrogen-bond acceptors (Lipinski definition) is 2. The second-order valence-corrected chi connectivity index (χ2v) is 7.31. The Morgan fingerprint density at radius 1 is 1.23 bits per heavy atom. The first kappa shape index (κ1) is 16.9. The summed E-state index contributed by atoms with van der Waals surface area (Å²) < 4.78 is 5.44. The molecule has 0 saturated carbocycles. The highest BCUT2D eigenvalue weighted by atomic mass is 16.6. The average molecular weight is 303 g/mol. The molecule has 1 atom stereocenters. The molecule has 0 N–H and O–H groups in total. The van der Waals surface area contributed by atoms with Crippen molar-refractivity contribution in [1.82, 2.24) is 4.90 Å². The number of carbonyl (C=O) groups excluding carboxylic acids is 1. The van der Waals surface area contributed by atoms with E-state index in [2.05, 4.69) is 30.3 Å². The van der Waals surface area contributed by atoms with Gasteiger partial charge in [-0.3, -0.25) is 0 Å². The highest BCUT2D eigenvalue weighted by Crippen LogP contribution is 2.24. The van der Waals surface area contributed by atoms with Gasteiger partial charge in [0, 0.05) is 13.1 Å². The van der Waals surface area contributed by atoms with E-state index in [1.807, 2.05) is 25.7 Å². The molecule has 1 amide bonds. The molecule has 0 spiro atoms. The van der Waals surface area contributed by atoms with Crippen LogP contribution in [0.4, 0.5) is 4.79 Å². The summed E-state index contributed by atoms with van der Waals surface area (Å²) in [5.74, 6) is 0.642. The van der Waals surface area contributed by atoms with Gasteiger partial charge in [-0.15, -0.1) is 0 Å². The number of hydrogen-bond donors (Lipinski definition) is 0. The first-order valence-corrected chi connectivity index (χ1v) is 8.46. The number of likely N-dealkylation sites (tertiary alicyclic amines) is 1. The first-order chi connectivity index (χ1) is 10.4. The lowest BCUT2D eigenvalue weighted by Gasteiger charge is -2.24. The first-order valence-electron chi connectivity index (χ1n) is 8.46. The fraction of sp³-hybridized carbons (Fsp3) is 0.632. The zero-order valence-electron chi connectivity index (χ0n) is 14.2. The van der Waals surface area contributed by atoms with Crippen molar-refractivity contribution < 1.29 is 9.53 Å². The van der Waals surface area contributed by atoms with Crippen LogP contribution in [-0.2, 0) is 11.2 Å².